The summed E-state index contributed by atoms with van der Waals surface area (Å²) in [5.41, 5.74) is 5.34. The number of anilines is 1. The van der Waals surface area contributed by atoms with Crippen molar-refractivity contribution in [3.8, 4) is 0 Å². The first-order valence-electron chi connectivity index (χ1n) is 8.90. The summed E-state index contributed by atoms with van der Waals surface area (Å²) >= 11 is 0. The van der Waals surface area contributed by atoms with Crippen molar-refractivity contribution in [2.75, 3.05) is 11.9 Å². The molecule has 27 heavy (non-hydrogen) atoms. The van der Waals surface area contributed by atoms with Gasteiger partial charge in [-0.05, 0) is 37.1 Å². The number of benzene rings is 2. The molecule has 0 saturated carbocycles. The van der Waals surface area contributed by atoms with Crippen LogP contribution in [0.25, 0.3) is 11.0 Å². The van der Waals surface area contributed by atoms with E-state index in [9.17, 15) is 4.79 Å². The van der Waals surface area contributed by atoms with E-state index in [0.29, 0.717) is 5.57 Å². The van der Waals surface area contributed by atoms with Crippen molar-refractivity contribution in [1.29, 1.82) is 0 Å². The number of hydrogen-bond acceptors (Lipinski definition) is 4. The molecule has 2 heterocycles. The zero-order valence-electron chi connectivity index (χ0n) is 15.4. The van der Waals surface area contributed by atoms with Crippen molar-refractivity contribution >= 4 is 23.0 Å². The van der Waals surface area contributed by atoms with Gasteiger partial charge in [0.15, 0.2) is 0 Å². The van der Waals surface area contributed by atoms with E-state index in [4.69, 9.17) is 9.72 Å². The molecule has 3 aromatic rings. The fourth-order valence-electron chi connectivity index (χ4n) is 3.63. The molecule has 0 unspecified atom stereocenters. The van der Waals surface area contributed by atoms with Crippen molar-refractivity contribution in [1.82, 2.24) is 9.55 Å². The van der Waals surface area contributed by atoms with E-state index < -0.39 is 0 Å². The maximum Gasteiger partial charge on any atom is 0.338 e. The number of allylic oxidation sites excluding steroid dienone is 1. The molecule has 0 spiro atoms. The van der Waals surface area contributed by atoms with E-state index in [1.807, 2.05) is 43.3 Å². The van der Waals surface area contributed by atoms with Gasteiger partial charge in [0.2, 0.25) is 5.95 Å². The van der Waals surface area contributed by atoms with E-state index >= 15 is 0 Å². The highest BCUT2D eigenvalue weighted by atomic mass is 16.5. The topological polar surface area (TPSA) is 56.1 Å². The number of rotatable bonds is 4. The average Bonchev–Trinajstić information content (AvgIpc) is 3.03. The standard InChI is InChI=1S/C22H21N3O2/c1-4-13-27-21(26)19-15(3)23-22-24-17-11-7-8-12-18(17)25(22)20(19)16-10-6-5-9-14(16)2/h4-12,20H,1,13H2,2-3H3,(H,23,24)/t20-/m0/s1. The predicted molar refractivity (Wildman–Crippen MR) is 107 cm³/mol. The average molecular weight is 359 g/mol. The second-order valence-electron chi connectivity index (χ2n) is 6.60. The van der Waals surface area contributed by atoms with E-state index in [2.05, 4.69) is 35.5 Å². The monoisotopic (exact) mass is 359 g/mol. The van der Waals surface area contributed by atoms with Gasteiger partial charge in [0, 0.05) is 5.70 Å². The number of carbonyl (C=O) groups is 1. The first-order chi connectivity index (χ1) is 13.1. The Balaban J connectivity index is 1.97. The molecule has 5 nitrogen and oxygen atoms in total. The number of aromatic nitrogens is 2. The lowest BCUT2D eigenvalue weighted by Gasteiger charge is -2.31. The Hall–Kier alpha value is -3.34. The third-order valence-corrected chi connectivity index (χ3v) is 4.87. The van der Waals surface area contributed by atoms with Crippen LogP contribution in [0.1, 0.15) is 24.1 Å². The maximum atomic E-state index is 12.9. The van der Waals surface area contributed by atoms with Gasteiger partial charge in [0.1, 0.15) is 6.61 Å². The molecular formula is C22H21N3O2. The number of nitrogens with zero attached hydrogens (tertiary/aromatic N) is 2. The molecule has 1 aliphatic rings. The largest absolute Gasteiger partial charge is 0.458 e. The number of nitrogens with one attached hydrogen (secondary N) is 1. The number of hydrogen-bond donors (Lipinski definition) is 1. The molecule has 5 heteroatoms. The fraction of sp³-hybridized carbons (Fsp3) is 0.182. The zero-order chi connectivity index (χ0) is 19.0. The van der Waals surface area contributed by atoms with Gasteiger partial charge < -0.3 is 10.1 Å². The number of imidazole rings is 1. The normalized spacial score (nSPS) is 16.0. The van der Waals surface area contributed by atoms with Crippen LogP contribution in [0.2, 0.25) is 0 Å². The van der Waals surface area contributed by atoms with Gasteiger partial charge in [-0.3, -0.25) is 4.57 Å². The van der Waals surface area contributed by atoms with Crippen molar-refractivity contribution < 1.29 is 9.53 Å². The van der Waals surface area contributed by atoms with Crippen LogP contribution in [0, 0.1) is 6.92 Å². The highest BCUT2D eigenvalue weighted by Crippen LogP contribution is 2.40. The molecule has 1 aromatic heterocycles. The molecule has 1 N–H and O–H groups in total. The maximum absolute atomic E-state index is 12.9. The van der Waals surface area contributed by atoms with Crippen LogP contribution in [-0.2, 0) is 9.53 Å². The number of aryl methyl sites for hydroxylation is 1. The Morgan fingerprint density at radius 2 is 1.96 bits per heavy atom. The van der Waals surface area contributed by atoms with Crippen LogP contribution in [0.5, 0.6) is 0 Å². The summed E-state index contributed by atoms with van der Waals surface area (Å²) in [6.07, 6.45) is 1.57. The predicted octanol–water partition coefficient (Wildman–Crippen LogP) is 4.36. The molecule has 0 bridgehead atoms. The molecule has 0 fully saturated rings. The summed E-state index contributed by atoms with van der Waals surface area (Å²) in [6.45, 7) is 7.75. The van der Waals surface area contributed by atoms with Crippen molar-refractivity contribution in [3.63, 3.8) is 0 Å². The lowest BCUT2D eigenvalue weighted by Crippen LogP contribution is -2.29. The van der Waals surface area contributed by atoms with Crippen molar-refractivity contribution in [2.24, 2.45) is 0 Å². The van der Waals surface area contributed by atoms with Gasteiger partial charge in [-0.1, -0.05) is 49.1 Å². The Morgan fingerprint density at radius 1 is 1.22 bits per heavy atom. The summed E-state index contributed by atoms with van der Waals surface area (Å²) in [7, 11) is 0. The van der Waals surface area contributed by atoms with Gasteiger partial charge in [0.25, 0.3) is 0 Å². The van der Waals surface area contributed by atoms with Gasteiger partial charge in [0.05, 0.1) is 22.6 Å². The Labute approximate surface area is 158 Å². The molecule has 136 valence electrons. The van der Waals surface area contributed by atoms with Crippen LogP contribution in [-0.4, -0.2) is 22.1 Å². The molecule has 4 rings (SSSR count). The molecule has 2 aromatic carbocycles. The third kappa shape index (κ3) is 2.81. The smallest absolute Gasteiger partial charge is 0.338 e. The second kappa shape index (κ2) is 6.76. The highest BCUT2D eigenvalue weighted by Gasteiger charge is 2.35. The molecule has 0 aliphatic carbocycles. The summed E-state index contributed by atoms with van der Waals surface area (Å²) in [5, 5.41) is 3.28. The number of esters is 1. The van der Waals surface area contributed by atoms with Gasteiger partial charge in [-0.25, -0.2) is 9.78 Å². The minimum absolute atomic E-state index is 0.174. The fourth-order valence-corrected chi connectivity index (χ4v) is 3.63. The quantitative estimate of drug-likeness (QED) is 0.555. The van der Waals surface area contributed by atoms with E-state index in [0.717, 1.165) is 33.8 Å². The van der Waals surface area contributed by atoms with Crippen LogP contribution >= 0.6 is 0 Å². The Kier molecular flexibility index (Phi) is 4.28. The molecular weight excluding hydrogens is 338 g/mol. The van der Waals surface area contributed by atoms with Gasteiger partial charge in [-0.2, -0.15) is 0 Å². The van der Waals surface area contributed by atoms with E-state index in [-0.39, 0.29) is 18.6 Å². The summed E-state index contributed by atoms with van der Waals surface area (Å²) in [4.78, 5) is 17.6. The number of para-hydroxylation sites is 2. The lowest BCUT2D eigenvalue weighted by molar-refractivity contribution is -0.138. The molecule has 1 atom stereocenters. The second-order valence-corrected chi connectivity index (χ2v) is 6.60. The van der Waals surface area contributed by atoms with Crippen LogP contribution in [0.15, 0.2) is 72.5 Å². The number of fused-ring (bicyclic) bond motifs is 3. The van der Waals surface area contributed by atoms with E-state index in [1.165, 1.54) is 0 Å². The first kappa shape index (κ1) is 17.1. The summed E-state index contributed by atoms with van der Waals surface area (Å²) < 4.78 is 7.49. The highest BCUT2D eigenvalue weighted by molar-refractivity contribution is 5.94. The minimum Gasteiger partial charge on any atom is -0.458 e. The third-order valence-electron chi connectivity index (χ3n) is 4.87. The van der Waals surface area contributed by atoms with Crippen molar-refractivity contribution in [2.45, 2.75) is 19.9 Å². The molecule has 0 radical (unpaired) electrons. The zero-order valence-corrected chi connectivity index (χ0v) is 15.4. The Bertz CT molecular complexity index is 1080. The first-order valence-corrected chi connectivity index (χ1v) is 8.90. The van der Waals surface area contributed by atoms with Crippen LogP contribution < -0.4 is 5.32 Å². The minimum atomic E-state index is -0.350. The van der Waals surface area contributed by atoms with Gasteiger partial charge >= 0.3 is 5.97 Å². The molecule has 0 amide bonds. The number of ether oxygens (including phenoxy) is 1. The van der Waals surface area contributed by atoms with Crippen molar-refractivity contribution in [3.05, 3.63) is 83.6 Å². The summed E-state index contributed by atoms with van der Waals surface area (Å²) in [5.74, 6) is 0.374. The van der Waals surface area contributed by atoms with E-state index in [1.54, 1.807) is 6.08 Å². The van der Waals surface area contributed by atoms with Crippen LogP contribution in [0.4, 0.5) is 5.95 Å². The number of carbonyl (C=O) groups excluding carboxylic acids is 1. The SMILES string of the molecule is C=CCOC(=O)C1=C(C)Nc2nc3ccccc3n2[C@H]1c1ccccc1C. The molecule has 1 aliphatic heterocycles. The Morgan fingerprint density at radius 3 is 2.74 bits per heavy atom. The summed E-state index contributed by atoms with van der Waals surface area (Å²) in [6, 6.07) is 15.7. The van der Waals surface area contributed by atoms with Gasteiger partial charge in [-0.15, -0.1) is 0 Å². The lowest BCUT2D eigenvalue weighted by atomic mass is 9.92. The van der Waals surface area contributed by atoms with Crippen LogP contribution in [0.3, 0.4) is 0 Å². The molecule has 0 saturated heterocycles.